The highest BCUT2D eigenvalue weighted by Gasteiger charge is 2.20. The normalized spacial score (nSPS) is 12.5. The van der Waals surface area contributed by atoms with Gasteiger partial charge in [0.05, 0.1) is 6.04 Å². The molecule has 0 radical (unpaired) electrons. The van der Waals surface area contributed by atoms with Crippen molar-refractivity contribution in [3.8, 4) is 0 Å². The Morgan fingerprint density at radius 3 is 2.35 bits per heavy atom. The molecule has 1 nitrogen and oxygen atoms in total. The van der Waals surface area contributed by atoms with Crippen LogP contribution in [0.1, 0.15) is 17.2 Å². The van der Waals surface area contributed by atoms with Crippen LogP contribution in [0.5, 0.6) is 0 Å². The molecule has 0 aliphatic heterocycles. The van der Waals surface area contributed by atoms with Gasteiger partial charge in [0, 0.05) is 14.0 Å². The van der Waals surface area contributed by atoms with E-state index >= 15 is 0 Å². The van der Waals surface area contributed by atoms with Gasteiger partial charge < -0.3 is 5.32 Å². The van der Waals surface area contributed by atoms with Crippen molar-refractivity contribution in [3.63, 3.8) is 0 Å². The maximum absolute atomic E-state index is 13.5. The molecule has 6 heteroatoms. The Balaban J connectivity index is 2.58. The van der Waals surface area contributed by atoms with Crippen molar-refractivity contribution in [1.82, 2.24) is 5.32 Å². The van der Waals surface area contributed by atoms with E-state index in [1.54, 1.807) is 7.05 Å². The molecule has 20 heavy (non-hydrogen) atoms. The Labute approximate surface area is 137 Å². The quantitative estimate of drug-likeness (QED) is 0.645. The van der Waals surface area contributed by atoms with Gasteiger partial charge in [-0.2, -0.15) is 0 Å². The van der Waals surface area contributed by atoms with Crippen LogP contribution in [-0.4, -0.2) is 7.05 Å². The summed E-state index contributed by atoms with van der Waals surface area (Å²) in [5, 5.41) is 3.24. The summed E-state index contributed by atoms with van der Waals surface area (Å²) < 4.78 is 28.4. The van der Waals surface area contributed by atoms with Gasteiger partial charge in [0.2, 0.25) is 0 Å². The van der Waals surface area contributed by atoms with Crippen molar-refractivity contribution < 1.29 is 8.78 Å². The predicted octanol–water partition coefficient (Wildman–Crippen LogP) is 5.45. The largest absolute Gasteiger partial charge is 0.309 e. The smallest absolute Gasteiger partial charge is 0.160 e. The number of benzene rings is 2. The van der Waals surface area contributed by atoms with Crippen molar-refractivity contribution in [2.75, 3.05) is 7.05 Å². The van der Waals surface area contributed by atoms with Gasteiger partial charge >= 0.3 is 0 Å². The lowest BCUT2D eigenvalue weighted by Crippen LogP contribution is -2.19. The molecule has 1 unspecified atom stereocenters. The van der Waals surface area contributed by atoms with Gasteiger partial charge in [-0.25, -0.2) is 8.78 Å². The summed E-state index contributed by atoms with van der Waals surface area (Å²) in [6, 6.07) is 7.40. The van der Waals surface area contributed by atoms with Crippen LogP contribution in [0.4, 0.5) is 8.78 Å². The molecule has 0 bridgehead atoms. The Morgan fingerprint density at radius 2 is 1.70 bits per heavy atom. The molecule has 0 fully saturated rings. The van der Waals surface area contributed by atoms with E-state index in [-0.39, 0.29) is 11.1 Å². The van der Waals surface area contributed by atoms with Crippen molar-refractivity contribution >= 4 is 43.5 Å². The number of hydrogen-bond acceptors (Lipinski definition) is 1. The SMILES string of the molecule is CNC(c1cc(F)c(F)cc1Cl)c1cc(Br)ccc1Br. The highest BCUT2D eigenvalue weighted by atomic mass is 79.9. The molecule has 2 aromatic carbocycles. The average molecular weight is 425 g/mol. The van der Waals surface area contributed by atoms with Gasteiger partial charge in [-0.05, 0) is 48.5 Å². The second-order valence-electron chi connectivity index (χ2n) is 4.18. The van der Waals surface area contributed by atoms with E-state index in [9.17, 15) is 8.78 Å². The lowest BCUT2D eigenvalue weighted by atomic mass is 9.98. The molecule has 0 amide bonds. The van der Waals surface area contributed by atoms with E-state index in [0.717, 1.165) is 26.6 Å². The monoisotopic (exact) mass is 423 g/mol. The second kappa shape index (κ2) is 6.52. The molecular formula is C14H10Br2ClF2N. The summed E-state index contributed by atoms with van der Waals surface area (Å²) in [7, 11) is 1.73. The zero-order valence-corrected chi connectivity index (χ0v) is 14.3. The van der Waals surface area contributed by atoms with Gasteiger partial charge in [0.15, 0.2) is 11.6 Å². The van der Waals surface area contributed by atoms with Crippen LogP contribution >= 0.6 is 43.5 Å². The van der Waals surface area contributed by atoms with Crippen molar-refractivity contribution in [2.45, 2.75) is 6.04 Å². The summed E-state index contributed by atoms with van der Waals surface area (Å²) in [6.07, 6.45) is 0. The minimum absolute atomic E-state index is 0.176. The van der Waals surface area contributed by atoms with Crippen LogP contribution in [0.3, 0.4) is 0 Å². The summed E-state index contributed by atoms with van der Waals surface area (Å²) in [4.78, 5) is 0. The lowest BCUT2D eigenvalue weighted by molar-refractivity contribution is 0.505. The molecule has 0 spiro atoms. The molecule has 0 aromatic heterocycles. The molecule has 0 aliphatic carbocycles. The van der Waals surface area contributed by atoms with E-state index in [1.807, 2.05) is 18.2 Å². The highest BCUT2D eigenvalue weighted by molar-refractivity contribution is 9.11. The first kappa shape index (κ1) is 15.9. The van der Waals surface area contributed by atoms with Crippen molar-refractivity contribution in [1.29, 1.82) is 0 Å². The van der Waals surface area contributed by atoms with Crippen LogP contribution < -0.4 is 5.32 Å². The first-order valence-electron chi connectivity index (χ1n) is 5.70. The first-order chi connectivity index (χ1) is 9.43. The summed E-state index contributed by atoms with van der Waals surface area (Å²) in [5.74, 6) is -1.88. The van der Waals surface area contributed by atoms with Crippen molar-refractivity contribution in [3.05, 3.63) is 67.1 Å². The molecule has 0 aliphatic rings. The molecular weight excluding hydrogens is 415 g/mol. The number of hydrogen-bond donors (Lipinski definition) is 1. The third-order valence-corrected chi connectivity index (χ3v) is 4.45. The van der Waals surface area contributed by atoms with E-state index < -0.39 is 11.6 Å². The summed E-state index contributed by atoms with van der Waals surface area (Å²) >= 11 is 12.9. The van der Waals surface area contributed by atoms with Crippen LogP contribution in [0.25, 0.3) is 0 Å². The maximum atomic E-state index is 13.5. The van der Waals surface area contributed by atoms with Gasteiger partial charge in [-0.3, -0.25) is 0 Å². The number of halogens is 5. The standard InChI is InChI=1S/C14H10Br2ClF2N/c1-20-14(8-4-7(15)2-3-10(8)16)9-5-12(18)13(19)6-11(9)17/h2-6,14,20H,1H3. The second-order valence-corrected chi connectivity index (χ2v) is 6.35. The van der Waals surface area contributed by atoms with Gasteiger partial charge in [0.25, 0.3) is 0 Å². The topological polar surface area (TPSA) is 12.0 Å². The van der Waals surface area contributed by atoms with Gasteiger partial charge in [-0.1, -0.05) is 43.5 Å². The van der Waals surface area contributed by atoms with Crippen LogP contribution in [-0.2, 0) is 0 Å². The van der Waals surface area contributed by atoms with Gasteiger partial charge in [0.1, 0.15) is 0 Å². The average Bonchev–Trinajstić information content (AvgIpc) is 2.40. The fraction of sp³-hybridized carbons (Fsp3) is 0.143. The molecule has 0 saturated heterocycles. The zero-order chi connectivity index (χ0) is 14.9. The van der Waals surface area contributed by atoms with E-state index in [4.69, 9.17) is 11.6 Å². The summed E-state index contributed by atoms with van der Waals surface area (Å²) in [6.45, 7) is 0. The molecule has 2 aromatic rings. The zero-order valence-electron chi connectivity index (χ0n) is 10.4. The third kappa shape index (κ3) is 3.22. The molecule has 0 heterocycles. The fourth-order valence-corrected chi connectivity index (χ4v) is 3.09. The van der Waals surface area contributed by atoms with Crippen LogP contribution in [0, 0.1) is 11.6 Å². The predicted molar refractivity (Wildman–Crippen MR) is 84.1 cm³/mol. The Kier molecular flexibility index (Phi) is 5.18. The molecule has 1 atom stereocenters. The molecule has 2 rings (SSSR count). The Bertz CT molecular complexity index is 649. The van der Waals surface area contributed by atoms with E-state index in [1.165, 1.54) is 0 Å². The minimum Gasteiger partial charge on any atom is -0.309 e. The van der Waals surface area contributed by atoms with E-state index in [0.29, 0.717) is 5.56 Å². The van der Waals surface area contributed by atoms with E-state index in [2.05, 4.69) is 37.2 Å². The Hall–Kier alpha value is -0.490. The van der Waals surface area contributed by atoms with Gasteiger partial charge in [-0.15, -0.1) is 0 Å². The number of nitrogens with one attached hydrogen (secondary N) is 1. The highest BCUT2D eigenvalue weighted by Crippen LogP contribution is 2.34. The molecule has 0 saturated carbocycles. The van der Waals surface area contributed by atoms with Crippen LogP contribution in [0.2, 0.25) is 5.02 Å². The fourth-order valence-electron chi connectivity index (χ4n) is 1.97. The van der Waals surface area contributed by atoms with Crippen molar-refractivity contribution in [2.24, 2.45) is 0 Å². The molecule has 1 N–H and O–H groups in total. The minimum atomic E-state index is -0.957. The maximum Gasteiger partial charge on any atom is 0.160 e. The summed E-state index contributed by atoms with van der Waals surface area (Å²) in [5.41, 5.74) is 1.35. The third-order valence-electron chi connectivity index (χ3n) is 2.91. The first-order valence-corrected chi connectivity index (χ1v) is 7.67. The Morgan fingerprint density at radius 1 is 1.05 bits per heavy atom. The number of rotatable bonds is 3. The molecule has 106 valence electrons. The van der Waals surface area contributed by atoms with Crippen LogP contribution in [0.15, 0.2) is 39.3 Å². The lowest BCUT2D eigenvalue weighted by Gasteiger charge is -2.20.